The highest BCUT2D eigenvalue weighted by atomic mass is 16.5. The van der Waals surface area contributed by atoms with Gasteiger partial charge >= 0.3 is 0 Å². The molecule has 0 bridgehead atoms. The topological polar surface area (TPSA) is 59.6 Å². The van der Waals surface area contributed by atoms with E-state index in [1.807, 2.05) is 0 Å². The van der Waals surface area contributed by atoms with E-state index in [4.69, 9.17) is 10.5 Å². The van der Waals surface area contributed by atoms with Crippen molar-refractivity contribution in [2.75, 3.05) is 26.2 Å². The maximum atomic E-state index is 5.23. The van der Waals surface area contributed by atoms with Gasteiger partial charge in [0.2, 0.25) is 0 Å². The molecule has 0 saturated carbocycles. The minimum Gasteiger partial charge on any atom is -0.463 e. The molecule has 0 aromatic rings. The highest BCUT2D eigenvalue weighted by Gasteiger charge is 2.03. The van der Waals surface area contributed by atoms with E-state index in [9.17, 15) is 0 Å². The number of nitrogens with two attached hydrogens (primary N) is 1. The fourth-order valence-corrected chi connectivity index (χ4v) is 0.621. The minimum atomic E-state index is 0.613. The predicted molar refractivity (Wildman–Crippen MR) is 35.3 cm³/mol. The number of rotatable bonds is 2. The van der Waals surface area contributed by atoms with E-state index in [2.05, 4.69) is 10.3 Å². The molecule has 1 aliphatic rings. The van der Waals surface area contributed by atoms with Gasteiger partial charge in [-0.25, -0.2) is 4.99 Å². The molecule has 0 spiro atoms. The largest absolute Gasteiger partial charge is 0.463 e. The fourth-order valence-electron chi connectivity index (χ4n) is 0.621. The number of nitrogens with zero attached hydrogens (tertiary/aromatic N) is 1. The smallest absolute Gasteiger partial charge is 0.284 e. The van der Waals surface area contributed by atoms with Gasteiger partial charge in [-0.2, -0.15) is 0 Å². The molecule has 0 radical (unpaired) electrons. The van der Waals surface area contributed by atoms with E-state index in [-0.39, 0.29) is 0 Å². The van der Waals surface area contributed by atoms with E-state index in [0.29, 0.717) is 19.2 Å². The van der Waals surface area contributed by atoms with Crippen molar-refractivity contribution in [1.29, 1.82) is 0 Å². The summed E-state index contributed by atoms with van der Waals surface area (Å²) < 4.78 is 5.04. The molecule has 0 atom stereocenters. The summed E-state index contributed by atoms with van der Waals surface area (Å²) in [7, 11) is 0. The Labute approximate surface area is 54.1 Å². The molecule has 0 fully saturated rings. The van der Waals surface area contributed by atoms with Crippen molar-refractivity contribution in [3.63, 3.8) is 0 Å². The summed E-state index contributed by atoms with van der Waals surface area (Å²) in [6.45, 7) is 2.82. The van der Waals surface area contributed by atoms with Gasteiger partial charge in [0.15, 0.2) is 0 Å². The van der Waals surface area contributed by atoms with Crippen molar-refractivity contribution in [3.05, 3.63) is 0 Å². The van der Waals surface area contributed by atoms with Crippen LogP contribution < -0.4 is 11.1 Å². The van der Waals surface area contributed by atoms with Crippen LogP contribution in [0.4, 0.5) is 0 Å². The van der Waals surface area contributed by atoms with Crippen molar-refractivity contribution in [2.24, 2.45) is 10.7 Å². The molecule has 0 saturated heterocycles. The molecule has 4 nitrogen and oxygen atoms in total. The zero-order valence-corrected chi connectivity index (χ0v) is 5.26. The van der Waals surface area contributed by atoms with Crippen molar-refractivity contribution in [2.45, 2.75) is 0 Å². The van der Waals surface area contributed by atoms with Crippen LogP contribution in [-0.4, -0.2) is 32.3 Å². The molecule has 1 rings (SSSR count). The van der Waals surface area contributed by atoms with E-state index >= 15 is 0 Å². The number of ether oxygens (including phenoxy) is 1. The Kier molecular flexibility index (Phi) is 2.32. The predicted octanol–water partition coefficient (Wildman–Crippen LogP) is -1.08. The number of hydrogen-bond acceptors (Lipinski definition) is 4. The average molecular weight is 129 g/mol. The van der Waals surface area contributed by atoms with E-state index in [1.54, 1.807) is 0 Å². The Morgan fingerprint density at radius 2 is 2.67 bits per heavy atom. The maximum absolute atomic E-state index is 5.23. The van der Waals surface area contributed by atoms with Gasteiger partial charge in [0.1, 0.15) is 6.61 Å². The third-order valence-electron chi connectivity index (χ3n) is 1.01. The van der Waals surface area contributed by atoms with Gasteiger partial charge in [0, 0.05) is 13.1 Å². The van der Waals surface area contributed by atoms with Gasteiger partial charge in [0.05, 0.1) is 6.54 Å². The molecule has 0 aliphatic carbocycles. The molecule has 0 unspecified atom stereocenters. The van der Waals surface area contributed by atoms with Gasteiger partial charge in [-0.1, -0.05) is 0 Å². The first-order valence-electron chi connectivity index (χ1n) is 3.04. The highest BCUT2D eigenvalue weighted by Crippen LogP contribution is 1.88. The highest BCUT2D eigenvalue weighted by molar-refractivity contribution is 5.74. The summed E-state index contributed by atoms with van der Waals surface area (Å²) in [5, 5.41) is 2.93. The van der Waals surface area contributed by atoms with Gasteiger partial charge in [-0.3, -0.25) is 0 Å². The summed E-state index contributed by atoms with van der Waals surface area (Å²) in [4.78, 5) is 4.00. The Bertz CT molecular complexity index is 113. The van der Waals surface area contributed by atoms with Gasteiger partial charge < -0.3 is 15.8 Å². The van der Waals surface area contributed by atoms with Crippen LogP contribution in [0.25, 0.3) is 0 Å². The Morgan fingerprint density at radius 1 is 1.78 bits per heavy atom. The molecule has 3 N–H and O–H groups in total. The van der Waals surface area contributed by atoms with Crippen molar-refractivity contribution < 1.29 is 4.74 Å². The van der Waals surface area contributed by atoms with Crippen LogP contribution in [0.1, 0.15) is 0 Å². The number of aliphatic imine (C=N–C) groups is 1. The average Bonchev–Trinajstić information content (AvgIpc) is 2.34. The molecule has 9 heavy (non-hydrogen) atoms. The van der Waals surface area contributed by atoms with Gasteiger partial charge in [-0.15, -0.1) is 0 Å². The molecule has 0 aromatic heterocycles. The van der Waals surface area contributed by atoms with Crippen molar-refractivity contribution in [3.8, 4) is 0 Å². The SMILES string of the molecule is NCCNC1=NCCO1. The number of hydrogen-bond donors (Lipinski definition) is 2. The number of amidine groups is 1. The summed E-state index contributed by atoms with van der Waals surface area (Å²) in [6, 6.07) is 0.639. The second-order valence-electron chi connectivity index (χ2n) is 1.75. The molecule has 0 aromatic carbocycles. The molecule has 1 heterocycles. The molecular formula is C5H11N3O. The first kappa shape index (κ1) is 6.35. The van der Waals surface area contributed by atoms with E-state index < -0.39 is 0 Å². The van der Waals surface area contributed by atoms with Crippen molar-refractivity contribution in [1.82, 2.24) is 5.32 Å². The van der Waals surface area contributed by atoms with Crippen LogP contribution >= 0.6 is 0 Å². The Hall–Kier alpha value is -0.770. The van der Waals surface area contributed by atoms with Crippen LogP contribution in [0.2, 0.25) is 0 Å². The van der Waals surface area contributed by atoms with Crippen LogP contribution in [0.3, 0.4) is 0 Å². The van der Waals surface area contributed by atoms with Crippen LogP contribution in [0.5, 0.6) is 0 Å². The lowest BCUT2D eigenvalue weighted by Gasteiger charge is -2.01. The van der Waals surface area contributed by atoms with Gasteiger partial charge in [0.25, 0.3) is 6.02 Å². The summed E-state index contributed by atoms with van der Waals surface area (Å²) in [6.07, 6.45) is 0. The van der Waals surface area contributed by atoms with E-state index in [1.165, 1.54) is 0 Å². The molecule has 52 valence electrons. The first-order chi connectivity index (χ1) is 4.43. The third-order valence-corrected chi connectivity index (χ3v) is 1.01. The molecule has 4 heteroatoms. The van der Waals surface area contributed by atoms with Gasteiger partial charge in [-0.05, 0) is 0 Å². The maximum Gasteiger partial charge on any atom is 0.284 e. The standard InChI is InChI=1S/C5H11N3O/c6-1-2-7-5-8-3-4-9-5/h1-4,6H2,(H,7,8). The summed E-state index contributed by atoms with van der Waals surface area (Å²) in [5.74, 6) is 0. The monoisotopic (exact) mass is 129 g/mol. The lowest BCUT2D eigenvalue weighted by atomic mass is 10.6. The zero-order valence-electron chi connectivity index (χ0n) is 5.26. The Balaban J connectivity index is 2.11. The van der Waals surface area contributed by atoms with E-state index in [0.717, 1.165) is 13.1 Å². The lowest BCUT2D eigenvalue weighted by molar-refractivity contribution is 0.332. The Morgan fingerprint density at radius 3 is 3.22 bits per heavy atom. The molecule has 0 amide bonds. The zero-order chi connectivity index (χ0) is 6.53. The fraction of sp³-hybridized carbons (Fsp3) is 0.800. The van der Waals surface area contributed by atoms with Crippen LogP contribution in [0.15, 0.2) is 4.99 Å². The summed E-state index contributed by atoms with van der Waals surface area (Å²) in [5.41, 5.74) is 5.23. The van der Waals surface area contributed by atoms with Crippen molar-refractivity contribution >= 4 is 6.02 Å². The minimum absolute atomic E-state index is 0.613. The normalized spacial score (nSPS) is 16.8. The number of nitrogens with one attached hydrogen (secondary N) is 1. The third kappa shape index (κ3) is 1.89. The second kappa shape index (κ2) is 3.29. The molecular weight excluding hydrogens is 118 g/mol. The summed E-state index contributed by atoms with van der Waals surface area (Å²) >= 11 is 0. The quantitative estimate of drug-likeness (QED) is 0.498. The van der Waals surface area contributed by atoms with Crippen LogP contribution in [0, 0.1) is 0 Å². The van der Waals surface area contributed by atoms with Crippen LogP contribution in [-0.2, 0) is 4.74 Å². The first-order valence-corrected chi connectivity index (χ1v) is 3.04. The second-order valence-corrected chi connectivity index (χ2v) is 1.75. The molecule has 1 aliphatic heterocycles. The lowest BCUT2D eigenvalue weighted by Crippen LogP contribution is -2.29.